The van der Waals surface area contributed by atoms with Gasteiger partial charge in [0.2, 0.25) is 0 Å². The fraction of sp³-hybridized carbons (Fsp3) is 0.889. The molecule has 13 heavy (non-hydrogen) atoms. The zero-order chi connectivity index (χ0) is 10.1. The molecule has 0 saturated carbocycles. The van der Waals surface area contributed by atoms with Crippen LogP contribution in [0.25, 0.3) is 0 Å². The zero-order valence-electron chi connectivity index (χ0n) is 8.59. The van der Waals surface area contributed by atoms with Crippen LogP contribution in [0.15, 0.2) is 0 Å². The van der Waals surface area contributed by atoms with E-state index in [2.05, 4.69) is 5.32 Å². The first kappa shape index (κ1) is 10.3. The number of hydrogen-bond acceptors (Lipinski definition) is 3. The molecule has 4 heteroatoms. The summed E-state index contributed by atoms with van der Waals surface area (Å²) in [5.74, 6) is 0. The number of ether oxygens (including phenoxy) is 2. The number of amides is 1. The lowest BCUT2D eigenvalue weighted by Crippen LogP contribution is -2.40. The quantitative estimate of drug-likeness (QED) is 0.663. The van der Waals surface area contributed by atoms with Gasteiger partial charge < -0.3 is 14.8 Å². The highest BCUT2D eigenvalue weighted by Gasteiger charge is 2.31. The number of carbonyl (C=O) groups excluding carboxylic acids is 1. The van der Waals surface area contributed by atoms with Gasteiger partial charge in [-0.05, 0) is 27.7 Å². The van der Waals surface area contributed by atoms with Crippen molar-refractivity contribution in [3.05, 3.63) is 0 Å². The molecule has 0 aromatic rings. The third kappa shape index (κ3) is 4.12. The second-order valence-electron chi connectivity index (χ2n) is 4.31. The summed E-state index contributed by atoms with van der Waals surface area (Å²) >= 11 is 0. The molecule has 1 rings (SSSR count). The van der Waals surface area contributed by atoms with Crippen molar-refractivity contribution in [2.75, 3.05) is 6.61 Å². The van der Waals surface area contributed by atoms with E-state index in [1.54, 1.807) is 0 Å². The summed E-state index contributed by atoms with van der Waals surface area (Å²) in [6.07, 6.45) is -0.206. The summed E-state index contributed by atoms with van der Waals surface area (Å²) in [4.78, 5) is 11.2. The Labute approximate surface area is 78.6 Å². The topological polar surface area (TPSA) is 50.9 Å². The third-order valence-corrected chi connectivity index (χ3v) is 1.66. The Balaban J connectivity index is 2.24. The Morgan fingerprint density at radius 2 is 2.15 bits per heavy atom. The molecule has 0 aromatic heterocycles. The Kier molecular flexibility index (Phi) is 2.81. The van der Waals surface area contributed by atoms with Crippen molar-refractivity contribution in [1.82, 2.24) is 5.32 Å². The van der Waals surface area contributed by atoms with Crippen LogP contribution in [0.1, 0.15) is 27.7 Å². The van der Waals surface area contributed by atoms with Gasteiger partial charge >= 0.3 is 6.09 Å². The van der Waals surface area contributed by atoms with Gasteiger partial charge in [-0.15, -0.1) is 0 Å². The van der Waals surface area contributed by atoms with E-state index in [9.17, 15) is 4.79 Å². The highest BCUT2D eigenvalue weighted by molar-refractivity contribution is 5.68. The van der Waals surface area contributed by atoms with E-state index in [1.165, 1.54) is 0 Å². The van der Waals surface area contributed by atoms with Crippen LogP contribution in [0.4, 0.5) is 4.79 Å². The minimum absolute atomic E-state index is 0.0369. The molecule has 0 aliphatic carbocycles. The SMILES string of the molecule is CC(NC(=O)OC(C)(C)C)C1CO1. The highest BCUT2D eigenvalue weighted by atomic mass is 16.6. The normalized spacial score (nSPS) is 23.5. The van der Waals surface area contributed by atoms with Crippen molar-refractivity contribution < 1.29 is 14.3 Å². The summed E-state index contributed by atoms with van der Waals surface area (Å²) in [6, 6.07) is 0.0369. The van der Waals surface area contributed by atoms with E-state index in [-0.39, 0.29) is 18.2 Å². The van der Waals surface area contributed by atoms with E-state index >= 15 is 0 Å². The minimum Gasteiger partial charge on any atom is -0.444 e. The first-order valence-corrected chi connectivity index (χ1v) is 4.49. The summed E-state index contributed by atoms with van der Waals surface area (Å²) in [5.41, 5.74) is -0.436. The van der Waals surface area contributed by atoms with Gasteiger partial charge in [-0.25, -0.2) is 4.79 Å². The van der Waals surface area contributed by atoms with E-state index < -0.39 is 5.60 Å². The smallest absolute Gasteiger partial charge is 0.407 e. The summed E-state index contributed by atoms with van der Waals surface area (Å²) in [6.45, 7) is 8.15. The predicted molar refractivity (Wildman–Crippen MR) is 48.6 cm³/mol. The number of nitrogens with one attached hydrogen (secondary N) is 1. The fourth-order valence-electron chi connectivity index (χ4n) is 0.931. The molecule has 2 unspecified atom stereocenters. The van der Waals surface area contributed by atoms with Crippen molar-refractivity contribution in [3.8, 4) is 0 Å². The Morgan fingerprint density at radius 1 is 1.62 bits per heavy atom. The number of carbonyl (C=O) groups is 1. The minimum atomic E-state index is -0.436. The van der Waals surface area contributed by atoms with Crippen LogP contribution in [0.3, 0.4) is 0 Å². The molecule has 0 spiro atoms. The Bertz CT molecular complexity index is 194. The molecule has 4 nitrogen and oxygen atoms in total. The summed E-state index contributed by atoms with van der Waals surface area (Å²) in [7, 11) is 0. The fourth-order valence-corrected chi connectivity index (χ4v) is 0.931. The first-order valence-electron chi connectivity index (χ1n) is 4.49. The van der Waals surface area contributed by atoms with Gasteiger partial charge in [-0.1, -0.05) is 0 Å². The molecule has 0 radical (unpaired) electrons. The molecule has 1 fully saturated rings. The van der Waals surface area contributed by atoms with E-state index in [4.69, 9.17) is 9.47 Å². The zero-order valence-corrected chi connectivity index (χ0v) is 8.59. The number of alkyl carbamates (subject to hydrolysis) is 1. The number of rotatable bonds is 2. The average molecular weight is 187 g/mol. The standard InChI is InChI=1S/C9H17NO3/c1-6(7-5-12-7)10-8(11)13-9(2,3)4/h6-7H,5H2,1-4H3,(H,10,11). The van der Waals surface area contributed by atoms with Gasteiger partial charge in [-0.2, -0.15) is 0 Å². The van der Waals surface area contributed by atoms with Gasteiger partial charge in [0.1, 0.15) is 11.7 Å². The molecule has 1 N–H and O–H groups in total. The molecule has 1 aliphatic heterocycles. The second-order valence-corrected chi connectivity index (χ2v) is 4.31. The van der Waals surface area contributed by atoms with Crippen molar-refractivity contribution in [1.29, 1.82) is 0 Å². The molecular weight excluding hydrogens is 170 g/mol. The molecule has 0 aromatic carbocycles. The van der Waals surface area contributed by atoms with Crippen LogP contribution in [0.2, 0.25) is 0 Å². The Hall–Kier alpha value is -0.770. The molecule has 0 bridgehead atoms. The molecule has 1 amide bonds. The van der Waals surface area contributed by atoms with Crippen LogP contribution in [-0.4, -0.2) is 30.4 Å². The van der Waals surface area contributed by atoms with Gasteiger partial charge in [0.05, 0.1) is 12.6 Å². The summed E-state index contributed by atoms with van der Waals surface area (Å²) < 4.78 is 10.1. The van der Waals surface area contributed by atoms with Gasteiger partial charge in [-0.3, -0.25) is 0 Å². The molecule has 1 heterocycles. The van der Waals surface area contributed by atoms with Crippen LogP contribution in [0, 0.1) is 0 Å². The summed E-state index contributed by atoms with van der Waals surface area (Å²) in [5, 5.41) is 2.71. The Morgan fingerprint density at radius 3 is 2.54 bits per heavy atom. The monoisotopic (exact) mass is 187 g/mol. The maximum atomic E-state index is 11.2. The molecule has 76 valence electrons. The van der Waals surface area contributed by atoms with Crippen LogP contribution < -0.4 is 5.32 Å². The lowest BCUT2D eigenvalue weighted by atomic mass is 10.2. The maximum Gasteiger partial charge on any atom is 0.407 e. The molecular formula is C9H17NO3. The van der Waals surface area contributed by atoms with Gasteiger partial charge in [0, 0.05) is 0 Å². The van der Waals surface area contributed by atoms with Crippen molar-refractivity contribution in [2.45, 2.75) is 45.4 Å². The lowest BCUT2D eigenvalue weighted by molar-refractivity contribution is 0.0500. The number of hydrogen-bond donors (Lipinski definition) is 1. The van der Waals surface area contributed by atoms with Crippen molar-refractivity contribution in [2.24, 2.45) is 0 Å². The maximum absolute atomic E-state index is 11.2. The third-order valence-electron chi connectivity index (χ3n) is 1.66. The average Bonchev–Trinajstić information content (AvgIpc) is 2.60. The first-order chi connectivity index (χ1) is 5.88. The van der Waals surface area contributed by atoms with Crippen LogP contribution in [-0.2, 0) is 9.47 Å². The predicted octanol–water partition coefficient (Wildman–Crippen LogP) is 1.30. The highest BCUT2D eigenvalue weighted by Crippen LogP contribution is 2.14. The van der Waals surface area contributed by atoms with E-state index in [0.29, 0.717) is 0 Å². The van der Waals surface area contributed by atoms with E-state index in [0.717, 1.165) is 6.61 Å². The van der Waals surface area contributed by atoms with Gasteiger partial charge in [0.15, 0.2) is 0 Å². The molecule has 1 aliphatic rings. The lowest BCUT2D eigenvalue weighted by Gasteiger charge is -2.21. The molecule has 2 atom stereocenters. The van der Waals surface area contributed by atoms with Crippen LogP contribution in [0.5, 0.6) is 0 Å². The largest absolute Gasteiger partial charge is 0.444 e. The van der Waals surface area contributed by atoms with E-state index in [1.807, 2.05) is 27.7 Å². The molecule has 1 saturated heterocycles. The van der Waals surface area contributed by atoms with Crippen LogP contribution >= 0.6 is 0 Å². The second kappa shape index (κ2) is 3.54. The van der Waals surface area contributed by atoms with Crippen molar-refractivity contribution in [3.63, 3.8) is 0 Å². The van der Waals surface area contributed by atoms with Crippen molar-refractivity contribution >= 4 is 6.09 Å². The van der Waals surface area contributed by atoms with Gasteiger partial charge in [0.25, 0.3) is 0 Å². The number of epoxide rings is 1.